The predicted molar refractivity (Wildman–Crippen MR) is 79.8 cm³/mol. The van der Waals surface area contributed by atoms with E-state index in [1.807, 2.05) is 20.8 Å². The van der Waals surface area contributed by atoms with Crippen molar-refractivity contribution in [3.8, 4) is 5.69 Å². The fraction of sp³-hybridized carbons (Fsp3) is 0.429. The number of hydrogen-bond donors (Lipinski definition) is 0. The number of aryl methyl sites for hydroxylation is 1. The smallest absolute Gasteiger partial charge is 0.216 e. The van der Waals surface area contributed by atoms with Crippen LogP contribution in [0.2, 0.25) is 10.0 Å². The third-order valence-corrected chi connectivity index (χ3v) is 3.57. The minimum absolute atomic E-state index is 0.131. The van der Waals surface area contributed by atoms with Crippen LogP contribution in [-0.4, -0.2) is 14.8 Å². The Balaban J connectivity index is 2.62. The van der Waals surface area contributed by atoms with Gasteiger partial charge in [0.2, 0.25) is 0 Å². The monoisotopic (exact) mass is 351 g/mol. The predicted octanol–water partition coefficient (Wildman–Crippen LogP) is 5.20. The molecule has 2 rings (SSSR count). The summed E-state index contributed by atoms with van der Waals surface area (Å²) in [4.78, 5) is 4.32. The second-order valence-corrected chi connectivity index (χ2v) is 6.75. The maximum atomic E-state index is 12.8. The summed E-state index contributed by atoms with van der Waals surface area (Å²) in [6.45, 7) is 7.48. The molecule has 0 spiro atoms. The number of rotatable bonds is 1. The van der Waals surface area contributed by atoms with Crippen LogP contribution in [0.25, 0.3) is 5.69 Å². The van der Waals surface area contributed by atoms with Gasteiger partial charge in [-0.2, -0.15) is 18.3 Å². The molecule has 1 aromatic heterocycles. The zero-order valence-electron chi connectivity index (χ0n) is 12.4. The number of benzene rings is 1. The van der Waals surface area contributed by atoms with Gasteiger partial charge in [0.15, 0.2) is 5.82 Å². The summed E-state index contributed by atoms with van der Waals surface area (Å²) in [7, 11) is 0. The molecule has 0 saturated heterocycles. The van der Waals surface area contributed by atoms with Crippen molar-refractivity contribution in [3.05, 3.63) is 39.4 Å². The van der Waals surface area contributed by atoms with Crippen molar-refractivity contribution in [2.75, 3.05) is 0 Å². The molecule has 0 bridgehead atoms. The SMILES string of the molecule is Cc1nc(C(C)(C)C)nn1-c1c(Cl)cc(C(F)(F)F)cc1Cl. The highest BCUT2D eigenvalue weighted by Crippen LogP contribution is 2.37. The number of hydrogen-bond acceptors (Lipinski definition) is 2. The van der Waals surface area contributed by atoms with Crippen LogP contribution in [0.3, 0.4) is 0 Å². The van der Waals surface area contributed by atoms with E-state index < -0.39 is 11.7 Å². The molecule has 0 atom stereocenters. The standard InChI is InChI=1S/C14H14Cl2F3N3/c1-7-20-12(13(2,3)4)21-22(7)11-9(15)5-8(6-10(11)16)14(17,18)19/h5-6H,1-4H3. The largest absolute Gasteiger partial charge is 0.416 e. The number of aromatic nitrogens is 3. The molecule has 0 aliphatic heterocycles. The van der Waals surface area contributed by atoms with Crippen molar-refractivity contribution in [1.82, 2.24) is 14.8 Å². The maximum absolute atomic E-state index is 12.8. The van der Waals surface area contributed by atoms with E-state index in [4.69, 9.17) is 23.2 Å². The minimum atomic E-state index is -4.51. The first kappa shape index (κ1) is 17.1. The summed E-state index contributed by atoms with van der Waals surface area (Å²) in [5.41, 5.74) is -1.02. The van der Waals surface area contributed by atoms with Crippen LogP contribution < -0.4 is 0 Å². The molecule has 0 aliphatic rings. The third-order valence-electron chi connectivity index (χ3n) is 3.00. The molecule has 3 nitrogen and oxygen atoms in total. The van der Waals surface area contributed by atoms with Gasteiger partial charge >= 0.3 is 6.18 Å². The lowest BCUT2D eigenvalue weighted by atomic mass is 9.96. The molecule has 0 amide bonds. The second-order valence-electron chi connectivity index (χ2n) is 5.93. The number of nitrogens with zero attached hydrogens (tertiary/aromatic N) is 3. The first-order valence-corrected chi connectivity index (χ1v) is 7.17. The third kappa shape index (κ3) is 3.22. The van der Waals surface area contributed by atoms with Crippen molar-refractivity contribution >= 4 is 23.2 Å². The highest BCUT2D eigenvalue weighted by molar-refractivity contribution is 6.37. The maximum Gasteiger partial charge on any atom is 0.416 e. The number of alkyl halides is 3. The van der Waals surface area contributed by atoms with E-state index in [1.54, 1.807) is 6.92 Å². The molecule has 0 fully saturated rings. The summed E-state index contributed by atoms with van der Waals surface area (Å²) in [5.74, 6) is 1.05. The zero-order chi connectivity index (χ0) is 16.9. The van der Waals surface area contributed by atoms with E-state index in [2.05, 4.69) is 10.1 Å². The molecule has 1 heterocycles. The Morgan fingerprint density at radius 2 is 1.55 bits per heavy atom. The summed E-state index contributed by atoms with van der Waals surface area (Å²) in [6.07, 6.45) is -4.51. The normalized spacial score (nSPS) is 12.8. The van der Waals surface area contributed by atoms with Gasteiger partial charge < -0.3 is 0 Å². The molecular weight excluding hydrogens is 338 g/mol. The summed E-state index contributed by atoms with van der Waals surface area (Å²) < 4.78 is 39.7. The van der Waals surface area contributed by atoms with Crippen LogP contribution in [-0.2, 0) is 11.6 Å². The Bertz CT molecular complexity index is 692. The van der Waals surface area contributed by atoms with E-state index in [9.17, 15) is 13.2 Å². The summed E-state index contributed by atoms with van der Waals surface area (Å²) >= 11 is 12.0. The van der Waals surface area contributed by atoms with Gasteiger partial charge in [-0.25, -0.2) is 9.67 Å². The van der Waals surface area contributed by atoms with Gasteiger partial charge in [0.25, 0.3) is 0 Å². The van der Waals surface area contributed by atoms with Crippen LogP contribution in [0.5, 0.6) is 0 Å². The van der Waals surface area contributed by atoms with E-state index in [-0.39, 0.29) is 21.1 Å². The highest BCUT2D eigenvalue weighted by atomic mass is 35.5. The zero-order valence-corrected chi connectivity index (χ0v) is 13.9. The van der Waals surface area contributed by atoms with Gasteiger partial charge in [0.1, 0.15) is 11.5 Å². The lowest BCUT2D eigenvalue weighted by Gasteiger charge is -2.14. The molecule has 0 N–H and O–H groups in total. The second kappa shape index (κ2) is 5.42. The number of halogens is 5. The van der Waals surface area contributed by atoms with Crippen LogP contribution in [0, 0.1) is 6.92 Å². The fourth-order valence-corrected chi connectivity index (χ4v) is 2.50. The van der Waals surface area contributed by atoms with Crippen LogP contribution in [0.1, 0.15) is 38.0 Å². The van der Waals surface area contributed by atoms with Crippen molar-refractivity contribution < 1.29 is 13.2 Å². The molecule has 0 aliphatic carbocycles. The molecule has 8 heteroatoms. The Hall–Kier alpha value is -1.27. The topological polar surface area (TPSA) is 30.7 Å². The Labute approximate surface area is 136 Å². The molecule has 0 radical (unpaired) electrons. The first-order chi connectivity index (χ1) is 9.91. The Morgan fingerprint density at radius 3 is 1.91 bits per heavy atom. The average molecular weight is 352 g/mol. The van der Waals surface area contributed by atoms with Gasteiger partial charge in [0.05, 0.1) is 15.6 Å². The fourth-order valence-electron chi connectivity index (χ4n) is 1.85. The highest BCUT2D eigenvalue weighted by Gasteiger charge is 2.32. The molecule has 2 aromatic rings. The molecule has 22 heavy (non-hydrogen) atoms. The Kier molecular flexibility index (Phi) is 4.21. The van der Waals surface area contributed by atoms with Crippen molar-refractivity contribution in [1.29, 1.82) is 0 Å². The molecule has 0 unspecified atom stereocenters. The first-order valence-electron chi connectivity index (χ1n) is 6.42. The van der Waals surface area contributed by atoms with E-state index in [0.717, 1.165) is 12.1 Å². The van der Waals surface area contributed by atoms with Crippen LogP contribution in [0.15, 0.2) is 12.1 Å². The average Bonchev–Trinajstić information content (AvgIpc) is 2.69. The van der Waals surface area contributed by atoms with Gasteiger partial charge in [-0.15, -0.1) is 0 Å². The summed E-state index contributed by atoms with van der Waals surface area (Å²) in [6, 6.07) is 1.67. The van der Waals surface area contributed by atoms with Gasteiger partial charge in [-0.1, -0.05) is 44.0 Å². The molecule has 0 saturated carbocycles. The van der Waals surface area contributed by atoms with Crippen molar-refractivity contribution in [3.63, 3.8) is 0 Å². The quantitative estimate of drug-likeness (QED) is 0.706. The van der Waals surface area contributed by atoms with Gasteiger partial charge in [0, 0.05) is 5.41 Å². The van der Waals surface area contributed by atoms with E-state index in [0.29, 0.717) is 11.6 Å². The summed E-state index contributed by atoms with van der Waals surface area (Å²) in [5, 5.41) is 4.06. The van der Waals surface area contributed by atoms with Gasteiger partial charge in [-0.05, 0) is 19.1 Å². The lowest BCUT2D eigenvalue weighted by Crippen LogP contribution is -2.14. The van der Waals surface area contributed by atoms with Crippen molar-refractivity contribution in [2.24, 2.45) is 0 Å². The minimum Gasteiger partial charge on any atom is -0.216 e. The Morgan fingerprint density at radius 1 is 1.05 bits per heavy atom. The molecular formula is C14H14Cl2F3N3. The lowest BCUT2D eigenvalue weighted by molar-refractivity contribution is -0.137. The van der Waals surface area contributed by atoms with Crippen LogP contribution in [0.4, 0.5) is 13.2 Å². The van der Waals surface area contributed by atoms with E-state index in [1.165, 1.54) is 4.68 Å². The van der Waals surface area contributed by atoms with Gasteiger partial charge in [-0.3, -0.25) is 0 Å². The molecule has 1 aromatic carbocycles. The van der Waals surface area contributed by atoms with E-state index >= 15 is 0 Å². The van der Waals surface area contributed by atoms with Crippen molar-refractivity contribution in [2.45, 2.75) is 39.3 Å². The molecule has 120 valence electrons. The van der Waals surface area contributed by atoms with Crippen LogP contribution >= 0.6 is 23.2 Å².